The van der Waals surface area contributed by atoms with E-state index in [-0.39, 0.29) is 5.41 Å². The Bertz CT molecular complexity index is 2830. The highest BCUT2D eigenvalue weighted by Gasteiger charge is 2.20. The smallest absolute Gasteiger partial charge is 0.0541 e. The van der Waals surface area contributed by atoms with Crippen LogP contribution in [0.15, 0.2) is 170 Å². The number of benzene rings is 9. The molecule has 0 aliphatic rings. The zero-order valence-corrected chi connectivity index (χ0v) is 29.1. The van der Waals surface area contributed by atoms with Gasteiger partial charge in [-0.3, -0.25) is 0 Å². The lowest BCUT2D eigenvalue weighted by Gasteiger charge is -2.23. The zero-order valence-electron chi connectivity index (χ0n) is 29.1. The van der Waals surface area contributed by atoms with E-state index < -0.39 is 0 Å². The Morgan fingerprint density at radius 3 is 1.39 bits per heavy atom. The van der Waals surface area contributed by atoms with Gasteiger partial charge in [-0.2, -0.15) is 0 Å². The largest absolute Gasteiger partial charge is 0.309 e. The van der Waals surface area contributed by atoms with E-state index >= 15 is 0 Å². The van der Waals surface area contributed by atoms with Crippen LogP contribution >= 0.6 is 0 Å². The summed E-state index contributed by atoms with van der Waals surface area (Å²) in [5.41, 5.74) is 12.5. The number of hydrogen-bond acceptors (Lipinski definition) is 0. The number of hydrogen-bond donors (Lipinski definition) is 0. The lowest BCUT2D eigenvalue weighted by atomic mass is 9.81. The Morgan fingerprint density at radius 1 is 0.373 bits per heavy atom. The molecule has 0 saturated carbocycles. The van der Waals surface area contributed by atoms with Crippen LogP contribution < -0.4 is 0 Å². The molecule has 0 amide bonds. The first kappa shape index (κ1) is 29.7. The highest BCUT2D eigenvalue weighted by molar-refractivity contribution is 6.28. The zero-order chi connectivity index (χ0) is 34.3. The molecule has 0 N–H and O–H groups in total. The average Bonchev–Trinajstić information content (AvgIpc) is 3.51. The molecule has 1 heterocycles. The highest BCUT2D eigenvalue weighted by atomic mass is 15.0. The van der Waals surface area contributed by atoms with E-state index in [0.717, 1.165) is 0 Å². The molecule has 1 nitrogen and oxygen atoms in total. The molecule has 242 valence electrons. The molecular weight excluding hydrogens is 615 g/mol. The summed E-state index contributed by atoms with van der Waals surface area (Å²) in [5, 5.41) is 10.5. The number of rotatable bonds is 4. The molecule has 0 atom stereocenters. The van der Waals surface area contributed by atoms with Gasteiger partial charge in [0.25, 0.3) is 0 Å². The first-order valence-electron chi connectivity index (χ1n) is 17.9. The maximum atomic E-state index is 2.43. The van der Waals surface area contributed by atoms with Crippen molar-refractivity contribution >= 4 is 54.1 Å². The van der Waals surface area contributed by atoms with Gasteiger partial charge in [-0.1, -0.05) is 160 Å². The van der Waals surface area contributed by atoms with Crippen molar-refractivity contribution in [2.45, 2.75) is 26.2 Å². The Kier molecular flexibility index (Phi) is 6.51. The summed E-state index contributed by atoms with van der Waals surface area (Å²) in [5.74, 6) is 0. The van der Waals surface area contributed by atoms with Gasteiger partial charge in [-0.15, -0.1) is 0 Å². The van der Waals surface area contributed by atoms with Crippen LogP contribution in [0.2, 0.25) is 0 Å². The third-order valence-corrected chi connectivity index (χ3v) is 10.9. The SMILES string of the molecule is CC(C)(C)c1cc2ccc3c(-c4ccc(-c5ccccc5)cc4)cc(-c4ccc(-n5c6ccccc6c6ccccc65)cc4)c4ccc(c1)c2c34. The van der Waals surface area contributed by atoms with Crippen LogP contribution in [-0.2, 0) is 5.41 Å². The first-order valence-corrected chi connectivity index (χ1v) is 17.9. The molecule has 0 aliphatic carbocycles. The van der Waals surface area contributed by atoms with Crippen molar-refractivity contribution < 1.29 is 0 Å². The van der Waals surface area contributed by atoms with Crippen LogP contribution in [0, 0.1) is 0 Å². The standard InChI is InChI=1S/C50H37N/c1-50(2,3)38-29-36-23-27-42-44(34-19-17-33(18-20-34)32-11-5-4-6-12-32)31-45(43-28-24-37(30-38)48(36)49(42)43)35-21-25-39(26-22-35)51-46-15-9-7-13-40(46)41-14-8-10-16-47(41)51/h4-31H,1-3H3. The van der Waals surface area contributed by atoms with Crippen LogP contribution in [-0.4, -0.2) is 4.57 Å². The molecule has 0 spiro atoms. The van der Waals surface area contributed by atoms with E-state index in [0.29, 0.717) is 0 Å². The summed E-state index contributed by atoms with van der Waals surface area (Å²) in [7, 11) is 0. The fourth-order valence-electron chi connectivity index (χ4n) is 8.29. The van der Waals surface area contributed by atoms with E-state index in [1.807, 2.05) is 0 Å². The maximum absolute atomic E-state index is 2.43. The van der Waals surface area contributed by atoms with Crippen molar-refractivity contribution in [1.82, 2.24) is 4.57 Å². The minimum Gasteiger partial charge on any atom is -0.309 e. The second-order valence-corrected chi connectivity index (χ2v) is 15.0. The van der Waals surface area contributed by atoms with Gasteiger partial charge in [-0.05, 0) is 107 Å². The van der Waals surface area contributed by atoms with Gasteiger partial charge >= 0.3 is 0 Å². The molecule has 0 radical (unpaired) electrons. The minimum atomic E-state index is 0.0688. The van der Waals surface area contributed by atoms with Gasteiger partial charge in [0.1, 0.15) is 0 Å². The number of nitrogens with zero attached hydrogens (tertiary/aromatic N) is 1. The Hall–Kier alpha value is -6.18. The topological polar surface area (TPSA) is 4.93 Å². The predicted molar refractivity (Wildman–Crippen MR) is 219 cm³/mol. The Labute approximate surface area is 298 Å². The third-order valence-electron chi connectivity index (χ3n) is 10.9. The highest BCUT2D eigenvalue weighted by Crippen LogP contribution is 2.45. The van der Waals surface area contributed by atoms with Crippen LogP contribution in [0.5, 0.6) is 0 Å². The van der Waals surface area contributed by atoms with Crippen molar-refractivity contribution in [2.24, 2.45) is 0 Å². The lowest BCUT2D eigenvalue weighted by molar-refractivity contribution is 0.591. The second-order valence-electron chi connectivity index (χ2n) is 15.0. The fourth-order valence-corrected chi connectivity index (χ4v) is 8.29. The van der Waals surface area contributed by atoms with Crippen LogP contribution in [0.4, 0.5) is 0 Å². The van der Waals surface area contributed by atoms with Crippen molar-refractivity contribution in [3.63, 3.8) is 0 Å². The number of para-hydroxylation sites is 2. The first-order chi connectivity index (χ1) is 24.9. The van der Waals surface area contributed by atoms with Crippen molar-refractivity contribution in [1.29, 1.82) is 0 Å². The molecule has 1 heteroatoms. The van der Waals surface area contributed by atoms with Gasteiger partial charge in [0.05, 0.1) is 11.0 Å². The molecule has 10 rings (SSSR count). The summed E-state index contributed by atoms with van der Waals surface area (Å²) in [4.78, 5) is 0. The molecule has 10 aromatic rings. The fraction of sp³-hybridized carbons (Fsp3) is 0.0800. The summed E-state index contributed by atoms with van der Waals surface area (Å²) in [6.45, 7) is 6.91. The van der Waals surface area contributed by atoms with Gasteiger partial charge in [-0.25, -0.2) is 0 Å². The van der Waals surface area contributed by atoms with Gasteiger partial charge in [0.15, 0.2) is 0 Å². The minimum absolute atomic E-state index is 0.0688. The predicted octanol–water partition coefficient (Wildman–Crippen LogP) is 14.0. The average molecular weight is 652 g/mol. The van der Waals surface area contributed by atoms with Gasteiger partial charge < -0.3 is 4.57 Å². The van der Waals surface area contributed by atoms with Crippen molar-refractivity contribution in [3.8, 4) is 39.1 Å². The monoisotopic (exact) mass is 651 g/mol. The second kappa shape index (κ2) is 11.2. The van der Waals surface area contributed by atoms with Gasteiger partial charge in [0, 0.05) is 16.5 Å². The Balaban J connectivity index is 1.20. The van der Waals surface area contributed by atoms with E-state index in [4.69, 9.17) is 0 Å². The molecule has 0 fully saturated rings. The van der Waals surface area contributed by atoms with Crippen LogP contribution in [0.1, 0.15) is 26.3 Å². The lowest BCUT2D eigenvalue weighted by Crippen LogP contribution is -2.10. The summed E-state index contributed by atoms with van der Waals surface area (Å²) in [6.07, 6.45) is 0. The molecule has 51 heavy (non-hydrogen) atoms. The quantitative estimate of drug-likeness (QED) is 0.167. The van der Waals surface area contributed by atoms with Gasteiger partial charge in [0.2, 0.25) is 0 Å². The molecule has 0 bridgehead atoms. The molecule has 0 aliphatic heterocycles. The van der Waals surface area contributed by atoms with E-state index in [9.17, 15) is 0 Å². The molecule has 1 aromatic heterocycles. The summed E-state index contributed by atoms with van der Waals surface area (Å²) >= 11 is 0. The maximum Gasteiger partial charge on any atom is 0.0541 e. The number of aromatic nitrogens is 1. The van der Waals surface area contributed by atoms with Crippen molar-refractivity contribution in [3.05, 3.63) is 175 Å². The van der Waals surface area contributed by atoms with E-state index in [1.165, 1.54) is 98.8 Å². The molecule has 0 saturated heterocycles. The third kappa shape index (κ3) is 4.69. The van der Waals surface area contributed by atoms with Crippen LogP contribution in [0.3, 0.4) is 0 Å². The molecule has 0 unspecified atom stereocenters. The van der Waals surface area contributed by atoms with Crippen molar-refractivity contribution in [2.75, 3.05) is 0 Å². The Morgan fingerprint density at radius 2 is 0.843 bits per heavy atom. The van der Waals surface area contributed by atoms with E-state index in [1.54, 1.807) is 0 Å². The van der Waals surface area contributed by atoms with Crippen LogP contribution in [0.25, 0.3) is 93.2 Å². The van der Waals surface area contributed by atoms with E-state index in [2.05, 4.69) is 195 Å². The summed E-state index contributed by atoms with van der Waals surface area (Å²) < 4.78 is 2.39. The molecule has 9 aromatic carbocycles. The normalized spacial score (nSPS) is 12.2. The number of fused-ring (bicyclic) bond motifs is 3. The molecular formula is C50H37N. The summed E-state index contributed by atoms with van der Waals surface area (Å²) in [6, 6.07) is 63.0.